The van der Waals surface area contributed by atoms with Crippen LogP contribution in [0, 0.1) is 12.3 Å². The van der Waals surface area contributed by atoms with Crippen molar-refractivity contribution in [3.63, 3.8) is 0 Å². The van der Waals surface area contributed by atoms with Crippen LogP contribution in [0.5, 0.6) is 0 Å². The highest BCUT2D eigenvalue weighted by Crippen LogP contribution is 2.25. The van der Waals surface area contributed by atoms with E-state index in [2.05, 4.69) is 57.7 Å². The van der Waals surface area contributed by atoms with Gasteiger partial charge in [-0.15, -0.1) is 6.42 Å². The van der Waals surface area contributed by atoms with Crippen LogP contribution in [0.1, 0.15) is 39.0 Å². The fourth-order valence-corrected chi connectivity index (χ4v) is 1.21. The van der Waals surface area contributed by atoms with Crippen LogP contribution < -0.4 is 5.73 Å². The van der Waals surface area contributed by atoms with Gasteiger partial charge in [0.25, 0.3) is 0 Å². The zero-order chi connectivity index (χ0) is 12.8. The van der Waals surface area contributed by atoms with Gasteiger partial charge in [-0.05, 0) is 24.1 Å². The quantitative estimate of drug-likeness (QED) is 0.698. The molecule has 0 aliphatic carbocycles. The van der Waals surface area contributed by atoms with Crippen molar-refractivity contribution in [3.05, 3.63) is 30.0 Å². The lowest BCUT2D eigenvalue weighted by molar-refractivity contribution is 0.573. The Morgan fingerprint density at radius 2 is 2.06 bits per heavy atom. The molecule has 1 rings (SSSR count). The van der Waals surface area contributed by atoms with E-state index in [1.807, 2.05) is 0 Å². The van der Waals surface area contributed by atoms with Gasteiger partial charge in [0.05, 0.1) is 0 Å². The number of H-pyrrole nitrogens is 1. The average Bonchev–Trinajstić information content (AvgIpc) is 2.59. The Labute approximate surface area is 98.9 Å². The molecule has 0 radical (unpaired) electrons. The van der Waals surface area contributed by atoms with E-state index >= 15 is 0 Å². The molecule has 0 bridgehead atoms. The first kappa shape index (κ1) is 14.4. The lowest BCUT2D eigenvalue weighted by atomic mass is 9.92. The van der Waals surface area contributed by atoms with Gasteiger partial charge in [0.1, 0.15) is 5.82 Å². The first-order valence-corrected chi connectivity index (χ1v) is 5.41. The third-order valence-corrected chi connectivity index (χ3v) is 2.24. The van der Waals surface area contributed by atoms with E-state index in [-0.39, 0.29) is 5.41 Å². The van der Waals surface area contributed by atoms with E-state index in [9.17, 15) is 0 Å². The van der Waals surface area contributed by atoms with Crippen molar-refractivity contribution in [2.75, 3.05) is 5.73 Å². The van der Waals surface area contributed by atoms with Gasteiger partial charge in [0, 0.05) is 11.1 Å². The molecular weight excluding hydrogens is 196 g/mol. The Morgan fingerprint density at radius 3 is 2.25 bits per heavy atom. The summed E-state index contributed by atoms with van der Waals surface area (Å²) in [6, 6.07) is 2.16. The molecule has 0 saturated carbocycles. The van der Waals surface area contributed by atoms with Gasteiger partial charge < -0.3 is 10.7 Å². The van der Waals surface area contributed by atoms with Gasteiger partial charge in [0.2, 0.25) is 0 Å². The van der Waals surface area contributed by atoms with E-state index in [1.165, 1.54) is 17.3 Å². The summed E-state index contributed by atoms with van der Waals surface area (Å²) >= 11 is 0. The molecule has 0 saturated heterocycles. The lowest BCUT2D eigenvalue weighted by Crippen LogP contribution is -2.11. The minimum atomic E-state index is 0.168. The van der Waals surface area contributed by atoms with Gasteiger partial charge in [-0.1, -0.05) is 40.2 Å². The third kappa shape index (κ3) is 4.27. The van der Waals surface area contributed by atoms with E-state index in [1.54, 1.807) is 0 Å². The van der Waals surface area contributed by atoms with Crippen LogP contribution >= 0.6 is 0 Å². The summed E-state index contributed by atoms with van der Waals surface area (Å²) in [6.45, 7) is 11.9. The monoisotopic (exact) mass is 218 g/mol. The van der Waals surface area contributed by atoms with Crippen molar-refractivity contribution in [2.45, 2.75) is 39.5 Å². The zero-order valence-corrected chi connectivity index (χ0v) is 10.7. The normalized spacial score (nSPS) is 9.94. The molecule has 0 aliphatic heterocycles. The number of hydrogen-bond donors (Lipinski definition) is 2. The van der Waals surface area contributed by atoms with E-state index < -0.39 is 0 Å². The van der Waals surface area contributed by atoms with Crippen LogP contribution in [0.3, 0.4) is 0 Å². The molecule has 0 aromatic carbocycles. The van der Waals surface area contributed by atoms with Gasteiger partial charge in [-0.25, -0.2) is 0 Å². The third-order valence-electron chi connectivity index (χ3n) is 2.24. The highest BCUT2D eigenvalue weighted by molar-refractivity contribution is 5.44. The first-order valence-electron chi connectivity index (χ1n) is 5.41. The topological polar surface area (TPSA) is 41.8 Å². The maximum atomic E-state index is 5.79. The fraction of sp³-hybridized carbons (Fsp3) is 0.429. The molecule has 0 atom stereocenters. The molecule has 0 spiro atoms. The van der Waals surface area contributed by atoms with Crippen LogP contribution in [-0.4, -0.2) is 4.98 Å². The number of aromatic nitrogens is 1. The fourth-order valence-electron chi connectivity index (χ4n) is 1.21. The van der Waals surface area contributed by atoms with Crippen LogP contribution in [-0.2, 0) is 11.8 Å². The summed E-state index contributed by atoms with van der Waals surface area (Å²) in [7, 11) is 0. The molecule has 0 amide bonds. The maximum Gasteiger partial charge on any atom is 0.104 e. The zero-order valence-electron chi connectivity index (χ0n) is 10.7. The number of nitrogens with one attached hydrogen (secondary N) is 1. The predicted molar refractivity (Wildman–Crippen MR) is 72.3 cm³/mol. The molecule has 3 N–H and O–H groups in total. The molecule has 0 unspecified atom stereocenters. The van der Waals surface area contributed by atoms with Crippen LogP contribution in [0.2, 0.25) is 0 Å². The van der Waals surface area contributed by atoms with Gasteiger partial charge in [-0.3, -0.25) is 0 Å². The molecule has 0 aliphatic rings. The highest BCUT2D eigenvalue weighted by atomic mass is 14.9. The molecule has 1 aromatic heterocycles. The Hall–Kier alpha value is -1.62. The highest BCUT2D eigenvalue weighted by Gasteiger charge is 2.16. The molecule has 88 valence electrons. The van der Waals surface area contributed by atoms with Crippen LogP contribution in [0.25, 0.3) is 0 Å². The number of aryl methyl sites for hydroxylation is 1. The minimum absolute atomic E-state index is 0.168. The van der Waals surface area contributed by atoms with Crippen molar-refractivity contribution < 1.29 is 0 Å². The minimum Gasteiger partial charge on any atom is -0.385 e. The van der Waals surface area contributed by atoms with Crippen molar-refractivity contribution >= 4 is 5.82 Å². The molecule has 0 fully saturated rings. The van der Waals surface area contributed by atoms with Crippen molar-refractivity contribution in [3.8, 4) is 12.3 Å². The Morgan fingerprint density at radius 1 is 1.56 bits per heavy atom. The Bertz CT molecular complexity index is 372. The molecule has 2 nitrogen and oxygen atoms in total. The summed E-state index contributed by atoms with van der Waals surface area (Å²) in [4.78, 5) is 3.21. The van der Waals surface area contributed by atoms with Crippen molar-refractivity contribution in [1.82, 2.24) is 4.98 Å². The molecule has 1 heterocycles. The number of nitrogens with two attached hydrogens (primary N) is 1. The Balaban J connectivity index is 0.000000487. The number of allylic oxidation sites excluding steroid dienone is 1. The number of hydrogen-bond acceptors (Lipinski definition) is 1. The standard InChI is InChI=1S/C10H18N2.C4H4/c1-5-7-6-8(10(2,3)4)12-9(7)11;1-3-4-2/h6,12H,5,11H2,1-4H3;1,4H,2H2. The summed E-state index contributed by atoms with van der Waals surface area (Å²) in [6.07, 6.45) is 7.06. The predicted octanol–water partition coefficient (Wildman–Crippen LogP) is 3.26. The molecule has 2 heteroatoms. The molecular formula is C14H22N2. The van der Waals surface area contributed by atoms with E-state index in [0.29, 0.717) is 0 Å². The maximum absolute atomic E-state index is 5.79. The number of aromatic amines is 1. The van der Waals surface area contributed by atoms with E-state index in [4.69, 9.17) is 5.73 Å². The van der Waals surface area contributed by atoms with Gasteiger partial charge >= 0.3 is 0 Å². The number of terminal acetylenes is 1. The Kier molecular flexibility index (Phi) is 5.46. The van der Waals surface area contributed by atoms with Crippen LogP contribution in [0.15, 0.2) is 18.7 Å². The molecule has 1 aromatic rings. The number of rotatable bonds is 1. The number of anilines is 1. The van der Waals surface area contributed by atoms with Gasteiger partial charge in [-0.2, -0.15) is 0 Å². The average molecular weight is 218 g/mol. The van der Waals surface area contributed by atoms with E-state index in [0.717, 1.165) is 12.2 Å². The second-order valence-corrected chi connectivity index (χ2v) is 4.60. The van der Waals surface area contributed by atoms with Gasteiger partial charge in [0.15, 0.2) is 0 Å². The van der Waals surface area contributed by atoms with Crippen LogP contribution in [0.4, 0.5) is 5.82 Å². The number of nitrogen functional groups attached to an aromatic ring is 1. The summed E-state index contributed by atoms with van der Waals surface area (Å²) in [5.74, 6) is 3.02. The summed E-state index contributed by atoms with van der Waals surface area (Å²) < 4.78 is 0. The smallest absolute Gasteiger partial charge is 0.104 e. The lowest BCUT2D eigenvalue weighted by Gasteiger charge is -2.15. The summed E-state index contributed by atoms with van der Waals surface area (Å²) in [5, 5.41) is 0. The van der Waals surface area contributed by atoms with Crippen molar-refractivity contribution in [2.24, 2.45) is 0 Å². The summed E-state index contributed by atoms with van der Waals surface area (Å²) in [5.41, 5.74) is 8.40. The molecule has 16 heavy (non-hydrogen) atoms. The second-order valence-electron chi connectivity index (χ2n) is 4.60. The second kappa shape index (κ2) is 6.07. The largest absolute Gasteiger partial charge is 0.385 e. The SMILES string of the molecule is C#CC=C.CCc1cc(C(C)(C)C)[nH]c1N. The van der Waals surface area contributed by atoms with Crippen molar-refractivity contribution in [1.29, 1.82) is 0 Å². The first-order chi connectivity index (χ1) is 7.36.